The molecular formula is C27H29N5O2. The van der Waals surface area contributed by atoms with E-state index in [2.05, 4.69) is 28.9 Å². The van der Waals surface area contributed by atoms with E-state index in [4.69, 9.17) is 9.72 Å². The largest absolute Gasteiger partial charge is 0.384 e. The van der Waals surface area contributed by atoms with Gasteiger partial charge in [0.05, 0.1) is 29.8 Å². The van der Waals surface area contributed by atoms with E-state index in [9.17, 15) is 10.1 Å². The molecule has 7 heteroatoms. The van der Waals surface area contributed by atoms with Crippen molar-refractivity contribution >= 4 is 22.6 Å². The van der Waals surface area contributed by atoms with Crippen LogP contribution in [0.25, 0.3) is 22.0 Å². The first-order chi connectivity index (χ1) is 16.6. The van der Waals surface area contributed by atoms with Crippen LogP contribution in [0.3, 0.4) is 0 Å². The van der Waals surface area contributed by atoms with E-state index in [0.29, 0.717) is 44.1 Å². The molecule has 3 heterocycles. The van der Waals surface area contributed by atoms with Crippen LogP contribution in [0.4, 0.5) is 5.82 Å². The molecule has 0 bridgehead atoms. The molecule has 1 unspecified atom stereocenters. The van der Waals surface area contributed by atoms with Gasteiger partial charge in [-0.1, -0.05) is 18.2 Å². The Morgan fingerprint density at radius 1 is 1.21 bits per heavy atom. The number of aromatic nitrogens is 2. The van der Waals surface area contributed by atoms with Gasteiger partial charge in [-0.05, 0) is 43.5 Å². The molecule has 2 fully saturated rings. The van der Waals surface area contributed by atoms with Crippen LogP contribution in [-0.4, -0.2) is 60.2 Å². The molecule has 2 aliphatic rings. The molecule has 1 aliphatic carbocycles. The van der Waals surface area contributed by atoms with Crippen molar-refractivity contribution in [2.45, 2.75) is 38.1 Å². The molecule has 3 aromatic rings. The summed E-state index contributed by atoms with van der Waals surface area (Å²) in [5.74, 6) is 1.27. The summed E-state index contributed by atoms with van der Waals surface area (Å²) in [6, 6.07) is 14.6. The summed E-state index contributed by atoms with van der Waals surface area (Å²) in [6.07, 6.45) is 4.46. The molecule has 1 atom stereocenters. The van der Waals surface area contributed by atoms with Gasteiger partial charge in [0.15, 0.2) is 0 Å². The molecule has 0 N–H and O–H groups in total. The Morgan fingerprint density at radius 2 is 2.03 bits per heavy atom. The number of fused-ring (bicyclic) bond motifs is 1. The number of nitriles is 1. The minimum absolute atomic E-state index is 0.0413. The molecule has 0 radical (unpaired) electrons. The first-order valence-electron chi connectivity index (χ1n) is 11.9. The highest BCUT2D eigenvalue weighted by atomic mass is 16.5. The second kappa shape index (κ2) is 9.40. The highest BCUT2D eigenvalue weighted by molar-refractivity contribution is 5.95. The van der Waals surface area contributed by atoms with Gasteiger partial charge < -0.3 is 14.5 Å². The van der Waals surface area contributed by atoms with E-state index >= 15 is 0 Å². The van der Waals surface area contributed by atoms with Gasteiger partial charge in [-0.2, -0.15) is 5.26 Å². The van der Waals surface area contributed by atoms with Gasteiger partial charge in [0.2, 0.25) is 5.91 Å². The lowest BCUT2D eigenvalue weighted by Gasteiger charge is -2.41. The predicted molar refractivity (Wildman–Crippen MR) is 132 cm³/mol. The lowest BCUT2D eigenvalue weighted by molar-refractivity contribution is -0.134. The Labute approximate surface area is 200 Å². The third-order valence-electron chi connectivity index (χ3n) is 6.82. The highest BCUT2D eigenvalue weighted by Gasteiger charge is 2.33. The Morgan fingerprint density at radius 3 is 2.76 bits per heavy atom. The van der Waals surface area contributed by atoms with E-state index in [-0.39, 0.29) is 11.9 Å². The van der Waals surface area contributed by atoms with Crippen molar-refractivity contribution in [1.29, 1.82) is 5.26 Å². The van der Waals surface area contributed by atoms with Crippen molar-refractivity contribution in [2.75, 3.05) is 38.3 Å². The van der Waals surface area contributed by atoms with Crippen LogP contribution in [0.2, 0.25) is 0 Å². The zero-order valence-corrected chi connectivity index (χ0v) is 19.7. The number of piperazine rings is 1. The fourth-order valence-electron chi connectivity index (χ4n) is 4.91. The number of carbonyl (C=O) groups is 1. The van der Waals surface area contributed by atoms with E-state index < -0.39 is 0 Å². The lowest BCUT2D eigenvalue weighted by atomic mass is 9.96. The molecule has 0 spiro atoms. The van der Waals surface area contributed by atoms with Gasteiger partial charge in [0.1, 0.15) is 11.9 Å². The molecule has 1 aliphatic heterocycles. The van der Waals surface area contributed by atoms with Gasteiger partial charge in [0, 0.05) is 55.9 Å². The first-order valence-corrected chi connectivity index (χ1v) is 11.9. The van der Waals surface area contributed by atoms with Gasteiger partial charge in [-0.3, -0.25) is 9.78 Å². The number of hydrogen-bond donors (Lipinski definition) is 0. The minimum Gasteiger partial charge on any atom is -0.384 e. The van der Waals surface area contributed by atoms with Gasteiger partial charge in [-0.15, -0.1) is 0 Å². The maximum Gasteiger partial charge on any atom is 0.225 e. The van der Waals surface area contributed by atoms with Crippen molar-refractivity contribution in [1.82, 2.24) is 14.9 Å². The monoisotopic (exact) mass is 455 g/mol. The number of anilines is 1. The summed E-state index contributed by atoms with van der Waals surface area (Å²) in [5.41, 5.74) is 4.68. The molecule has 34 heavy (non-hydrogen) atoms. The van der Waals surface area contributed by atoms with Crippen LogP contribution in [-0.2, 0) is 9.53 Å². The number of amides is 1. The molecule has 1 amide bonds. The van der Waals surface area contributed by atoms with Crippen LogP contribution in [0.15, 0.2) is 42.6 Å². The SMILES string of the molecule is COCCC(=O)N1CCN(c2nc(C3CC3)c(-c3ccnc4ccccc34)cc2C#N)CC1C. The molecule has 1 saturated carbocycles. The van der Waals surface area contributed by atoms with Crippen molar-refractivity contribution < 1.29 is 9.53 Å². The van der Waals surface area contributed by atoms with E-state index in [1.54, 1.807) is 7.11 Å². The zero-order valence-electron chi connectivity index (χ0n) is 19.7. The Bertz CT molecular complexity index is 1260. The number of pyridine rings is 2. The van der Waals surface area contributed by atoms with Crippen LogP contribution < -0.4 is 4.90 Å². The van der Waals surface area contributed by atoms with Crippen molar-refractivity contribution in [3.63, 3.8) is 0 Å². The third kappa shape index (κ3) is 4.22. The minimum atomic E-state index is 0.0413. The normalized spacial score (nSPS) is 18.2. The van der Waals surface area contributed by atoms with Crippen molar-refractivity contribution in [3.8, 4) is 17.2 Å². The van der Waals surface area contributed by atoms with Crippen LogP contribution >= 0.6 is 0 Å². The number of rotatable bonds is 6. The highest BCUT2D eigenvalue weighted by Crippen LogP contribution is 2.46. The standard InChI is InChI=1S/C27H29N5O2/c1-18-17-31(12-13-32(18)25(33)10-14-34-2)27-20(16-28)15-23(26(30-27)19-7-8-19)21-9-11-29-24-6-4-3-5-22(21)24/h3-6,9,11,15,18-19H,7-8,10,12-14,17H2,1-2H3. The van der Waals surface area contributed by atoms with Gasteiger partial charge in [-0.25, -0.2) is 4.98 Å². The van der Waals surface area contributed by atoms with Crippen molar-refractivity contribution in [3.05, 3.63) is 53.9 Å². The fourth-order valence-corrected chi connectivity index (χ4v) is 4.91. The Hall–Kier alpha value is -3.50. The fraction of sp³-hybridized carbons (Fsp3) is 0.407. The summed E-state index contributed by atoms with van der Waals surface area (Å²) >= 11 is 0. The number of para-hydroxylation sites is 1. The number of nitrogens with zero attached hydrogens (tertiary/aromatic N) is 5. The topological polar surface area (TPSA) is 82.3 Å². The van der Waals surface area contributed by atoms with E-state index in [0.717, 1.165) is 46.4 Å². The summed E-state index contributed by atoms with van der Waals surface area (Å²) in [7, 11) is 1.61. The van der Waals surface area contributed by atoms with Crippen LogP contribution in [0, 0.1) is 11.3 Å². The molecule has 5 rings (SSSR count). The summed E-state index contributed by atoms with van der Waals surface area (Å²) in [5, 5.41) is 11.1. The molecule has 174 valence electrons. The second-order valence-corrected chi connectivity index (χ2v) is 9.18. The van der Waals surface area contributed by atoms with E-state index in [1.165, 1.54) is 0 Å². The van der Waals surface area contributed by atoms with Crippen molar-refractivity contribution in [2.24, 2.45) is 0 Å². The predicted octanol–water partition coefficient (Wildman–Crippen LogP) is 4.12. The second-order valence-electron chi connectivity index (χ2n) is 9.18. The molecule has 1 saturated heterocycles. The average molecular weight is 456 g/mol. The lowest BCUT2D eigenvalue weighted by Crippen LogP contribution is -2.54. The summed E-state index contributed by atoms with van der Waals surface area (Å²) in [4.78, 5) is 26.3. The maximum absolute atomic E-state index is 12.5. The number of hydrogen-bond acceptors (Lipinski definition) is 6. The number of ether oxygens (including phenoxy) is 1. The molecule has 2 aromatic heterocycles. The quantitative estimate of drug-likeness (QED) is 0.556. The van der Waals surface area contributed by atoms with E-state index in [1.807, 2.05) is 41.4 Å². The number of benzene rings is 1. The first kappa shape index (κ1) is 22.3. The summed E-state index contributed by atoms with van der Waals surface area (Å²) in [6.45, 7) is 4.42. The smallest absolute Gasteiger partial charge is 0.225 e. The maximum atomic E-state index is 12.5. The molecule has 7 nitrogen and oxygen atoms in total. The molecule has 1 aromatic carbocycles. The Balaban J connectivity index is 1.50. The average Bonchev–Trinajstić information content (AvgIpc) is 3.71. The van der Waals surface area contributed by atoms with Gasteiger partial charge in [0.25, 0.3) is 0 Å². The summed E-state index contributed by atoms with van der Waals surface area (Å²) < 4.78 is 5.07. The third-order valence-corrected chi connectivity index (χ3v) is 6.82. The number of carbonyl (C=O) groups excluding carboxylic acids is 1. The van der Waals surface area contributed by atoms with Gasteiger partial charge >= 0.3 is 0 Å². The molecular weight excluding hydrogens is 426 g/mol. The zero-order chi connectivity index (χ0) is 23.7. The number of methoxy groups -OCH3 is 1. The Kier molecular flexibility index (Phi) is 6.16. The van der Waals surface area contributed by atoms with Crippen LogP contribution in [0.1, 0.15) is 43.4 Å². The van der Waals surface area contributed by atoms with Crippen LogP contribution in [0.5, 0.6) is 0 Å².